The molecule has 0 radical (unpaired) electrons. The number of rotatable bonds is 6. The number of halogens is 4. The number of amides is 1. The molecule has 2 aromatic carbocycles. The fourth-order valence-corrected chi connectivity index (χ4v) is 2.07. The largest absolute Gasteiger partial charge is 0.418 e. The van der Waals surface area contributed by atoms with Crippen molar-refractivity contribution in [2.24, 2.45) is 0 Å². The van der Waals surface area contributed by atoms with Gasteiger partial charge >= 0.3 is 6.18 Å². The van der Waals surface area contributed by atoms with Crippen LogP contribution < -0.4 is 10.9 Å². The van der Waals surface area contributed by atoms with Crippen molar-refractivity contribution in [2.75, 3.05) is 12.0 Å². The highest BCUT2D eigenvalue weighted by atomic mass is 35.5. The molecule has 0 aliphatic heterocycles. The number of hydrogen-bond acceptors (Lipinski definition) is 3. The van der Waals surface area contributed by atoms with Crippen LogP contribution in [0.15, 0.2) is 48.5 Å². The molecule has 0 bridgehead atoms. The van der Waals surface area contributed by atoms with E-state index in [-0.39, 0.29) is 18.9 Å². The lowest BCUT2D eigenvalue weighted by Gasteiger charge is -2.15. The van der Waals surface area contributed by atoms with Crippen molar-refractivity contribution in [3.63, 3.8) is 0 Å². The van der Waals surface area contributed by atoms with E-state index in [1.807, 2.05) is 0 Å². The maximum absolute atomic E-state index is 12.8. The second kappa shape index (κ2) is 8.03. The Morgan fingerprint density at radius 3 is 2.46 bits per heavy atom. The van der Waals surface area contributed by atoms with Crippen molar-refractivity contribution in [1.82, 2.24) is 5.43 Å². The van der Waals surface area contributed by atoms with Crippen molar-refractivity contribution in [3.8, 4) is 0 Å². The monoisotopic (exact) mass is 358 g/mol. The smallest absolute Gasteiger partial charge is 0.367 e. The lowest BCUT2D eigenvalue weighted by Crippen LogP contribution is -2.33. The van der Waals surface area contributed by atoms with Gasteiger partial charge in [0, 0.05) is 5.02 Å². The van der Waals surface area contributed by atoms with E-state index in [0.717, 1.165) is 6.07 Å². The Hall–Kier alpha value is -2.25. The summed E-state index contributed by atoms with van der Waals surface area (Å²) < 4.78 is 43.6. The Bertz CT molecular complexity index is 708. The molecule has 0 saturated carbocycles. The Kier molecular flexibility index (Phi) is 6.05. The molecule has 2 aromatic rings. The minimum absolute atomic E-state index is 0.117. The molecule has 0 aliphatic rings. The van der Waals surface area contributed by atoms with Crippen molar-refractivity contribution in [3.05, 3.63) is 64.7 Å². The zero-order chi connectivity index (χ0) is 17.6. The molecule has 0 atom stereocenters. The third-order valence-electron chi connectivity index (χ3n) is 3.02. The Morgan fingerprint density at radius 2 is 1.75 bits per heavy atom. The molecule has 0 spiro atoms. The molecule has 0 fully saturated rings. The molecule has 0 heterocycles. The zero-order valence-electron chi connectivity index (χ0n) is 12.4. The Morgan fingerprint density at radius 1 is 1.08 bits per heavy atom. The van der Waals surface area contributed by atoms with Crippen LogP contribution in [0.3, 0.4) is 0 Å². The van der Waals surface area contributed by atoms with E-state index < -0.39 is 17.6 Å². The van der Waals surface area contributed by atoms with E-state index in [9.17, 15) is 18.0 Å². The highest BCUT2D eigenvalue weighted by molar-refractivity contribution is 6.31. The van der Waals surface area contributed by atoms with Crippen LogP contribution in [0.2, 0.25) is 5.02 Å². The quantitative estimate of drug-likeness (QED) is 0.767. The minimum Gasteiger partial charge on any atom is -0.367 e. The molecule has 2 N–H and O–H groups in total. The molecular formula is C16H14ClF3N2O2. The third-order valence-corrected chi connectivity index (χ3v) is 3.39. The van der Waals surface area contributed by atoms with Crippen molar-refractivity contribution >= 4 is 23.2 Å². The van der Waals surface area contributed by atoms with Crippen LogP contribution in [0.5, 0.6) is 0 Å². The first-order chi connectivity index (χ1) is 11.4. The van der Waals surface area contributed by atoms with Gasteiger partial charge in [-0.05, 0) is 23.8 Å². The van der Waals surface area contributed by atoms with E-state index in [2.05, 4.69) is 10.9 Å². The second-order valence-electron chi connectivity index (χ2n) is 4.80. The molecule has 1 amide bonds. The summed E-state index contributed by atoms with van der Waals surface area (Å²) in [5.41, 5.74) is 4.01. The summed E-state index contributed by atoms with van der Waals surface area (Å²) in [6, 6.07) is 11.8. The molecule has 24 heavy (non-hydrogen) atoms. The van der Waals surface area contributed by atoms with Crippen LogP contribution in [0.1, 0.15) is 11.1 Å². The van der Waals surface area contributed by atoms with E-state index in [0.29, 0.717) is 10.6 Å². The van der Waals surface area contributed by atoms with E-state index in [1.165, 1.54) is 18.2 Å². The van der Waals surface area contributed by atoms with Crippen LogP contribution in [0.4, 0.5) is 18.9 Å². The van der Waals surface area contributed by atoms with Crippen LogP contribution in [-0.4, -0.2) is 12.5 Å². The number of nitrogens with one attached hydrogen (secondary N) is 2. The van der Waals surface area contributed by atoms with Gasteiger partial charge < -0.3 is 4.74 Å². The fourth-order valence-electron chi connectivity index (χ4n) is 1.88. The molecule has 0 aromatic heterocycles. The standard InChI is InChI=1S/C16H14ClF3N2O2/c17-13-7-3-1-5-11(13)9-24-10-15(23)22-21-14-8-4-2-6-12(14)16(18,19)20/h1-8,21H,9-10H2,(H,22,23). The van der Waals surface area contributed by atoms with Gasteiger partial charge in [-0.25, -0.2) is 0 Å². The van der Waals surface area contributed by atoms with Crippen LogP contribution in [-0.2, 0) is 22.3 Å². The fraction of sp³-hybridized carbons (Fsp3) is 0.188. The molecule has 0 unspecified atom stereocenters. The number of alkyl halides is 3. The van der Waals surface area contributed by atoms with E-state index in [4.69, 9.17) is 16.3 Å². The van der Waals surface area contributed by atoms with E-state index >= 15 is 0 Å². The average molecular weight is 359 g/mol. The van der Waals surface area contributed by atoms with Crippen molar-refractivity contribution in [2.45, 2.75) is 12.8 Å². The number of ether oxygens (including phenoxy) is 1. The summed E-state index contributed by atoms with van der Waals surface area (Å²) >= 11 is 5.94. The van der Waals surface area contributed by atoms with Crippen LogP contribution >= 0.6 is 11.6 Å². The number of para-hydroxylation sites is 1. The normalized spacial score (nSPS) is 11.2. The molecule has 128 valence electrons. The number of carbonyl (C=O) groups is 1. The average Bonchev–Trinajstić information content (AvgIpc) is 2.54. The highest BCUT2D eigenvalue weighted by Crippen LogP contribution is 2.34. The number of anilines is 1. The van der Waals surface area contributed by atoms with Crippen molar-refractivity contribution in [1.29, 1.82) is 0 Å². The maximum Gasteiger partial charge on any atom is 0.418 e. The second-order valence-corrected chi connectivity index (χ2v) is 5.21. The number of hydrogen-bond donors (Lipinski definition) is 2. The molecule has 0 saturated heterocycles. The van der Waals surface area contributed by atoms with Gasteiger partial charge in [-0.3, -0.25) is 15.6 Å². The Balaban J connectivity index is 1.83. The summed E-state index contributed by atoms with van der Waals surface area (Å²) in [4.78, 5) is 11.6. The maximum atomic E-state index is 12.8. The molecule has 0 aliphatic carbocycles. The van der Waals surface area contributed by atoms with Gasteiger partial charge in [0.15, 0.2) is 0 Å². The summed E-state index contributed by atoms with van der Waals surface area (Å²) in [5.74, 6) is -0.612. The van der Waals surface area contributed by atoms with E-state index in [1.54, 1.807) is 24.3 Å². The minimum atomic E-state index is -4.52. The van der Waals surface area contributed by atoms with Gasteiger partial charge in [0.2, 0.25) is 0 Å². The van der Waals surface area contributed by atoms with Gasteiger partial charge in [0.05, 0.1) is 17.9 Å². The number of carbonyl (C=O) groups excluding carboxylic acids is 1. The zero-order valence-corrected chi connectivity index (χ0v) is 13.1. The lowest BCUT2D eigenvalue weighted by molar-refractivity contribution is -0.137. The molecule has 2 rings (SSSR count). The summed E-state index contributed by atoms with van der Waals surface area (Å²) in [6.07, 6.45) is -4.52. The number of hydrazine groups is 1. The summed E-state index contributed by atoms with van der Waals surface area (Å²) in [6.45, 7) is -0.210. The summed E-state index contributed by atoms with van der Waals surface area (Å²) in [5, 5.41) is 0.509. The molecule has 8 heteroatoms. The topological polar surface area (TPSA) is 50.4 Å². The number of benzene rings is 2. The Labute approximate surface area is 141 Å². The lowest BCUT2D eigenvalue weighted by atomic mass is 10.2. The van der Waals surface area contributed by atoms with Gasteiger partial charge in [0.25, 0.3) is 5.91 Å². The SMILES string of the molecule is O=C(COCc1ccccc1Cl)NNc1ccccc1C(F)(F)F. The third kappa shape index (κ3) is 5.14. The molecule has 4 nitrogen and oxygen atoms in total. The summed E-state index contributed by atoms with van der Waals surface area (Å²) in [7, 11) is 0. The van der Waals surface area contributed by atoms with Gasteiger partial charge in [-0.2, -0.15) is 13.2 Å². The van der Waals surface area contributed by atoms with Gasteiger partial charge in [0.1, 0.15) is 6.61 Å². The van der Waals surface area contributed by atoms with Crippen molar-refractivity contribution < 1.29 is 22.7 Å². The predicted octanol–water partition coefficient (Wildman–Crippen LogP) is 4.02. The first kappa shape index (κ1) is 18.1. The van der Waals surface area contributed by atoms with Gasteiger partial charge in [-0.1, -0.05) is 41.9 Å². The van der Waals surface area contributed by atoms with Crippen LogP contribution in [0, 0.1) is 0 Å². The molecular weight excluding hydrogens is 345 g/mol. The van der Waals surface area contributed by atoms with Gasteiger partial charge in [-0.15, -0.1) is 0 Å². The highest BCUT2D eigenvalue weighted by Gasteiger charge is 2.33. The van der Waals surface area contributed by atoms with Crippen LogP contribution in [0.25, 0.3) is 0 Å². The predicted molar refractivity (Wildman–Crippen MR) is 84.3 cm³/mol. The first-order valence-electron chi connectivity index (χ1n) is 6.90. The first-order valence-corrected chi connectivity index (χ1v) is 7.28.